The summed E-state index contributed by atoms with van der Waals surface area (Å²) in [4.78, 5) is 15.6. The smallest absolute Gasteiger partial charge is 0.352 e. The van der Waals surface area contributed by atoms with Crippen LogP contribution < -0.4 is 4.74 Å². The number of para-hydroxylation sites is 1. The Morgan fingerprint density at radius 1 is 1.33 bits per heavy atom. The third-order valence-corrected chi connectivity index (χ3v) is 3.44. The average Bonchev–Trinajstić information content (AvgIpc) is 2.87. The van der Waals surface area contributed by atoms with Gasteiger partial charge in [-0.1, -0.05) is 18.2 Å². The van der Waals surface area contributed by atoms with Crippen molar-refractivity contribution < 1.29 is 14.6 Å². The van der Waals surface area contributed by atoms with Crippen molar-refractivity contribution in [3.05, 3.63) is 60.0 Å². The molecule has 0 aliphatic carbocycles. The SMILES string of the molecule is COc1ccncc1Cn1c(C(=O)O)cc2ccccc21. The van der Waals surface area contributed by atoms with Crippen molar-refractivity contribution in [3.8, 4) is 5.75 Å². The first kappa shape index (κ1) is 13.2. The zero-order valence-corrected chi connectivity index (χ0v) is 11.5. The van der Waals surface area contributed by atoms with Gasteiger partial charge in [-0.3, -0.25) is 4.98 Å². The molecule has 21 heavy (non-hydrogen) atoms. The van der Waals surface area contributed by atoms with Crippen molar-refractivity contribution >= 4 is 16.9 Å². The summed E-state index contributed by atoms with van der Waals surface area (Å²) in [5.41, 5.74) is 1.96. The van der Waals surface area contributed by atoms with Crippen LogP contribution in [0.5, 0.6) is 5.75 Å². The number of pyridine rings is 1. The fourth-order valence-corrected chi connectivity index (χ4v) is 2.46. The molecule has 0 spiro atoms. The van der Waals surface area contributed by atoms with Crippen LogP contribution in [0.25, 0.3) is 10.9 Å². The lowest BCUT2D eigenvalue weighted by molar-refractivity contribution is 0.0686. The molecule has 0 saturated carbocycles. The number of carboxylic acid groups (broad SMARTS) is 1. The predicted octanol–water partition coefficient (Wildman–Crippen LogP) is 2.79. The number of aromatic carboxylic acids is 1. The van der Waals surface area contributed by atoms with Gasteiger partial charge in [-0.2, -0.15) is 0 Å². The van der Waals surface area contributed by atoms with Gasteiger partial charge in [-0.05, 0) is 18.2 Å². The van der Waals surface area contributed by atoms with Crippen LogP contribution >= 0.6 is 0 Å². The summed E-state index contributed by atoms with van der Waals surface area (Å²) in [6, 6.07) is 11.0. The average molecular weight is 282 g/mol. The maximum absolute atomic E-state index is 11.5. The number of methoxy groups -OCH3 is 1. The van der Waals surface area contributed by atoms with E-state index in [4.69, 9.17) is 4.74 Å². The zero-order valence-electron chi connectivity index (χ0n) is 11.5. The highest BCUT2D eigenvalue weighted by atomic mass is 16.5. The molecular weight excluding hydrogens is 268 g/mol. The molecule has 0 fully saturated rings. The third kappa shape index (κ3) is 2.33. The van der Waals surface area contributed by atoms with Gasteiger partial charge in [0.1, 0.15) is 11.4 Å². The Balaban J connectivity index is 2.15. The monoisotopic (exact) mass is 282 g/mol. The first-order valence-corrected chi connectivity index (χ1v) is 6.49. The molecule has 106 valence electrons. The van der Waals surface area contributed by atoms with Gasteiger partial charge in [0.25, 0.3) is 0 Å². The second-order valence-electron chi connectivity index (χ2n) is 4.67. The van der Waals surface area contributed by atoms with Crippen LogP contribution in [-0.2, 0) is 6.54 Å². The predicted molar refractivity (Wildman–Crippen MR) is 78.8 cm³/mol. The number of hydrogen-bond donors (Lipinski definition) is 1. The van der Waals surface area contributed by atoms with Crippen LogP contribution in [-0.4, -0.2) is 27.7 Å². The number of aromatic nitrogens is 2. The molecule has 0 bridgehead atoms. The maximum atomic E-state index is 11.5. The molecule has 0 saturated heterocycles. The van der Waals surface area contributed by atoms with Gasteiger partial charge in [-0.15, -0.1) is 0 Å². The highest BCUT2D eigenvalue weighted by Crippen LogP contribution is 2.24. The summed E-state index contributed by atoms with van der Waals surface area (Å²) in [7, 11) is 1.59. The van der Waals surface area contributed by atoms with Crippen molar-refractivity contribution in [2.45, 2.75) is 6.54 Å². The van der Waals surface area contributed by atoms with Crippen LogP contribution in [0.4, 0.5) is 0 Å². The van der Waals surface area contributed by atoms with Crippen molar-refractivity contribution in [3.63, 3.8) is 0 Å². The molecule has 1 aromatic carbocycles. The molecule has 0 radical (unpaired) electrons. The third-order valence-electron chi connectivity index (χ3n) is 3.44. The fraction of sp³-hybridized carbons (Fsp3) is 0.125. The Kier molecular flexibility index (Phi) is 3.31. The van der Waals surface area contributed by atoms with Crippen LogP contribution in [0.2, 0.25) is 0 Å². The second-order valence-corrected chi connectivity index (χ2v) is 4.67. The number of rotatable bonds is 4. The Morgan fingerprint density at radius 2 is 2.14 bits per heavy atom. The highest BCUT2D eigenvalue weighted by Gasteiger charge is 2.15. The minimum atomic E-state index is -0.950. The molecule has 2 aromatic heterocycles. The van der Waals surface area contributed by atoms with E-state index >= 15 is 0 Å². The van der Waals surface area contributed by atoms with E-state index in [1.165, 1.54) is 0 Å². The van der Waals surface area contributed by atoms with Gasteiger partial charge in [0, 0.05) is 28.9 Å². The Hall–Kier alpha value is -2.82. The van der Waals surface area contributed by atoms with Crippen LogP contribution in [0.3, 0.4) is 0 Å². The summed E-state index contributed by atoms with van der Waals surface area (Å²) < 4.78 is 7.07. The molecule has 0 amide bonds. The Morgan fingerprint density at radius 3 is 2.90 bits per heavy atom. The van der Waals surface area contributed by atoms with Crippen molar-refractivity contribution in [2.24, 2.45) is 0 Å². The molecule has 5 nitrogen and oxygen atoms in total. The lowest BCUT2D eigenvalue weighted by Crippen LogP contribution is -2.10. The fourth-order valence-electron chi connectivity index (χ4n) is 2.46. The number of benzene rings is 1. The Labute approximate surface area is 121 Å². The summed E-state index contributed by atoms with van der Waals surface area (Å²) in [6.45, 7) is 0.395. The lowest BCUT2D eigenvalue weighted by atomic mass is 10.2. The lowest BCUT2D eigenvalue weighted by Gasteiger charge is -2.11. The van der Waals surface area contributed by atoms with Crippen LogP contribution in [0.15, 0.2) is 48.8 Å². The summed E-state index contributed by atoms with van der Waals surface area (Å²) >= 11 is 0. The van der Waals surface area contributed by atoms with E-state index in [2.05, 4.69) is 4.98 Å². The molecule has 3 rings (SSSR count). The highest BCUT2D eigenvalue weighted by molar-refractivity contribution is 5.94. The maximum Gasteiger partial charge on any atom is 0.352 e. The largest absolute Gasteiger partial charge is 0.496 e. The van der Waals surface area contributed by atoms with E-state index in [-0.39, 0.29) is 5.69 Å². The van der Waals surface area contributed by atoms with E-state index in [1.807, 2.05) is 24.3 Å². The minimum Gasteiger partial charge on any atom is -0.496 e. The molecular formula is C16H14N2O3. The molecule has 1 N–H and O–H groups in total. The van der Waals surface area contributed by atoms with Gasteiger partial charge in [0.15, 0.2) is 0 Å². The quantitative estimate of drug-likeness (QED) is 0.799. The summed E-state index contributed by atoms with van der Waals surface area (Å²) in [5.74, 6) is -0.256. The number of nitrogens with zero attached hydrogens (tertiary/aromatic N) is 2. The van der Waals surface area contributed by atoms with Crippen LogP contribution in [0, 0.1) is 0 Å². The van der Waals surface area contributed by atoms with Gasteiger partial charge in [0.2, 0.25) is 0 Å². The van der Waals surface area contributed by atoms with E-state index in [0.29, 0.717) is 12.3 Å². The number of ether oxygens (including phenoxy) is 1. The van der Waals surface area contributed by atoms with E-state index in [0.717, 1.165) is 16.5 Å². The minimum absolute atomic E-state index is 0.252. The molecule has 0 aliphatic rings. The number of carboxylic acids is 1. The number of fused-ring (bicyclic) bond motifs is 1. The topological polar surface area (TPSA) is 64.4 Å². The molecule has 0 atom stereocenters. The molecule has 0 unspecified atom stereocenters. The molecule has 0 aliphatic heterocycles. The second kappa shape index (κ2) is 5.28. The van der Waals surface area contributed by atoms with E-state index in [9.17, 15) is 9.90 Å². The standard InChI is InChI=1S/C16H14N2O3/c1-21-15-6-7-17-9-12(15)10-18-13-5-3-2-4-11(13)8-14(18)16(19)20/h2-9H,10H2,1H3,(H,19,20). The van der Waals surface area contributed by atoms with Gasteiger partial charge in [-0.25, -0.2) is 4.79 Å². The summed E-state index contributed by atoms with van der Waals surface area (Å²) in [5, 5.41) is 10.3. The van der Waals surface area contributed by atoms with Crippen molar-refractivity contribution in [2.75, 3.05) is 7.11 Å². The first-order chi connectivity index (χ1) is 10.2. The summed E-state index contributed by atoms with van der Waals surface area (Å²) in [6.07, 6.45) is 3.34. The van der Waals surface area contributed by atoms with Crippen molar-refractivity contribution in [1.29, 1.82) is 0 Å². The normalized spacial score (nSPS) is 10.7. The van der Waals surface area contributed by atoms with E-state index in [1.54, 1.807) is 36.2 Å². The van der Waals surface area contributed by atoms with Gasteiger partial charge < -0.3 is 14.4 Å². The molecule has 5 heteroatoms. The number of carbonyl (C=O) groups is 1. The molecule has 3 aromatic rings. The van der Waals surface area contributed by atoms with Gasteiger partial charge in [0.05, 0.1) is 13.7 Å². The van der Waals surface area contributed by atoms with Crippen LogP contribution in [0.1, 0.15) is 16.1 Å². The Bertz CT molecular complexity index is 808. The number of hydrogen-bond acceptors (Lipinski definition) is 3. The first-order valence-electron chi connectivity index (χ1n) is 6.49. The molecule has 2 heterocycles. The van der Waals surface area contributed by atoms with E-state index < -0.39 is 5.97 Å². The van der Waals surface area contributed by atoms with Crippen molar-refractivity contribution in [1.82, 2.24) is 9.55 Å². The zero-order chi connectivity index (χ0) is 14.8. The van der Waals surface area contributed by atoms with Gasteiger partial charge >= 0.3 is 5.97 Å².